The summed E-state index contributed by atoms with van der Waals surface area (Å²) in [5.41, 5.74) is 1.29. The molecule has 1 heterocycles. The van der Waals surface area contributed by atoms with E-state index in [0.717, 1.165) is 37.8 Å². The Hall–Kier alpha value is -0.610. The molecule has 0 bridgehead atoms. The Bertz CT molecular complexity index is 393. The van der Waals surface area contributed by atoms with Crippen LogP contribution in [-0.4, -0.2) is 43.8 Å². The lowest BCUT2D eigenvalue weighted by atomic mass is 10.0. The minimum Gasteiger partial charge on any atom is -0.371 e. The fourth-order valence-corrected chi connectivity index (χ4v) is 2.27. The number of halogens is 1. The van der Waals surface area contributed by atoms with Crippen LogP contribution in [0.3, 0.4) is 0 Å². The van der Waals surface area contributed by atoms with Crippen molar-refractivity contribution in [3.63, 3.8) is 0 Å². The molecule has 18 heavy (non-hydrogen) atoms. The van der Waals surface area contributed by atoms with Crippen molar-refractivity contribution < 1.29 is 4.74 Å². The predicted molar refractivity (Wildman–Crippen MR) is 75.0 cm³/mol. The smallest absolute Gasteiger partial charge is 0.0902 e. The Morgan fingerprint density at radius 1 is 1.44 bits per heavy atom. The van der Waals surface area contributed by atoms with Crippen molar-refractivity contribution in [3.8, 4) is 0 Å². The van der Waals surface area contributed by atoms with Gasteiger partial charge in [-0.1, -0.05) is 23.7 Å². The number of rotatable bonds is 6. The fourth-order valence-electron chi connectivity index (χ4n) is 2.05. The van der Waals surface area contributed by atoms with Crippen molar-refractivity contribution in [1.82, 2.24) is 10.2 Å². The van der Waals surface area contributed by atoms with Crippen molar-refractivity contribution in [3.05, 3.63) is 34.9 Å². The number of likely N-dealkylation sites (N-methyl/N-ethyl adjacent to an activating group) is 1. The highest BCUT2D eigenvalue weighted by Gasteiger charge is 2.32. The number of hydrogen-bond acceptors (Lipinski definition) is 3. The second-order valence-electron chi connectivity index (χ2n) is 5.27. The second-order valence-corrected chi connectivity index (χ2v) is 5.71. The van der Waals surface area contributed by atoms with Crippen molar-refractivity contribution in [1.29, 1.82) is 0 Å². The molecular formula is C14H21ClN2O. The van der Waals surface area contributed by atoms with Gasteiger partial charge in [-0.3, -0.25) is 4.90 Å². The van der Waals surface area contributed by atoms with Crippen LogP contribution < -0.4 is 5.32 Å². The first kappa shape index (κ1) is 13.8. The summed E-state index contributed by atoms with van der Waals surface area (Å²) in [6, 6.07) is 8.00. The Balaban J connectivity index is 1.70. The van der Waals surface area contributed by atoms with E-state index in [9.17, 15) is 0 Å². The molecule has 2 rings (SSSR count). The van der Waals surface area contributed by atoms with Gasteiger partial charge in [0.05, 0.1) is 12.2 Å². The zero-order chi connectivity index (χ0) is 13.0. The molecule has 1 saturated heterocycles. The van der Waals surface area contributed by atoms with Gasteiger partial charge in [0.1, 0.15) is 0 Å². The predicted octanol–water partition coefficient (Wildman–Crippen LogP) is 2.15. The second kappa shape index (κ2) is 6.02. The van der Waals surface area contributed by atoms with Gasteiger partial charge in [-0.05, 0) is 31.7 Å². The maximum absolute atomic E-state index is 5.97. The van der Waals surface area contributed by atoms with Crippen LogP contribution in [0.5, 0.6) is 0 Å². The van der Waals surface area contributed by atoms with Gasteiger partial charge >= 0.3 is 0 Å². The molecule has 0 amide bonds. The van der Waals surface area contributed by atoms with E-state index < -0.39 is 0 Å². The van der Waals surface area contributed by atoms with Crippen LogP contribution in [-0.2, 0) is 11.3 Å². The summed E-state index contributed by atoms with van der Waals surface area (Å²) in [5, 5.41) is 4.03. The van der Waals surface area contributed by atoms with E-state index in [1.165, 1.54) is 5.56 Å². The van der Waals surface area contributed by atoms with Gasteiger partial charge in [0.15, 0.2) is 0 Å². The van der Waals surface area contributed by atoms with Crippen LogP contribution >= 0.6 is 11.6 Å². The van der Waals surface area contributed by atoms with Crippen LogP contribution in [0.25, 0.3) is 0 Å². The van der Waals surface area contributed by atoms with Gasteiger partial charge in [-0.15, -0.1) is 0 Å². The zero-order valence-corrected chi connectivity index (χ0v) is 11.8. The zero-order valence-electron chi connectivity index (χ0n) is 11.1. The number of nitrogens with zero attached hydrogens (tertiary/aromatic N) is 1. The topological polar surface area (TPSA) is 24.5 Å². The Kier molecular flexibility index (Phi) is 4.62. The quantitative estimate of drug-likeness (QED) is 0.856. The van der Waals surface area contributed by atoms with Crippen LogP contribution in [0, 0.1) is 0 Å². The van der Waals surface area contributed by atoms with E-state index in [-0.39, 0.29) is 5.60 Å². The number of ether oxygens (including phenoxy) is 1. The number of hydrogen-bond donors (Lipinski definition) is 1. The summed E-state index contributed by atoms with van der Waals surface area (Å²) in [6.07, 6.45) is 0. The molecule has 1 aromatic carbocycles. The molecule has 4 heteroatoms. The van der Waals surface area contributed by atoms with Crippen molar-refractivity contribution in [2.24, 2.45) is 0 Å². The largest absolute Gasteiger partial charge is 0.371 e. The summed E-state index contributed by atoms with van der Waals surface area (Å²) in [5.74, 6) is 0. The summed E-state index contributed by atoms with van der Waals surface area (Å²) < 4.78 is 5.87. The summed E-state index contributed by atoms with van der Waals surface area (Å²) in [4.78, 5) is 2.25. The van der Waals surface area contributed by atoms with Gasteiger partial charge in [-0.25, -0.2) is 0 Å². The first-order valence-corrected chi connectivity index (χ1v) is 6.73. The SMILES string of the molecule is CN(CCOC1(C)CNC1)Cc1cccc(Cl)c1. The van der Waals surface area contributed by atoms with Crippen LogP contribution in [0.15, 0.2) is 24.3 Å². The fraction of sp³-hybridized carbons (Fsp3) is 0.571. The minimum absolute atomic E-state index is 0.0525. The van der Waals surface area contributed by atoms with Gasteiger partial charge in [0, 0.05) is 31.2 Å². The Morgan fingerprint density at radius 3 is 2.83 bits per heavy atom. The standard InChI is InChI=1S/C14H21ClN2O/c1-14(10-16-11-14)18-7-6-17(2)9-12-4-3-5-13(15)8-12/h3-5,8,16H,6-7,9-11H2,1-2H3. The molecule has 1 N–H and O–H groups in total. The van der Waals surface area contributed by atoms with E-state index in [1.54, 1.807) is 0 Å². The monoisotopic (exact) mass is 268 g/mol. The number of benzene rings is 1. The Labute approximate surface area is 114 Å². The molecule has 1 aliphatic heterocycles. The molecule has 0 unspecified atom stereocenters. The molecule has 0 radical (unpaired) electrons. The van der Waals surface area contributed by atoms with Crippen LogP contribution in [0.2, 0.25) is 5.02 Å². The molecule has 3 nitrogen and oxygen atoms in total. The van der Waals surface area contributed by atoms with Gasteiger partial charge < -0.3 is 10.1 Å². The molecule has 1 aromatic rings. The lowest BCUT2D eigenvalue weighted by Gasteiger charge is -2.39. The average Bonchev–Trinajstić information content (AvgIpc) is 2.26. The van der Waals surface area contributed by atoms with E-state index in [0.29, 0.717) is 0 Å². The molecule has 1 aliphatic rings. The van der Waals surface area contributed by atoms with Crippen LogP contribution in [0.4, 0.5) is 0 Å². The molecule has 0 aliphatic carbocycles. The van der Waals surface area contributed by atoms with Gasteiger partial charge in [0.25, 0.3) is 0 Å². The highest BCUT2D eigenvalue weighted by molar-refractivity contribution is 6.30. The third kappa shape index (κ3) is 3.95. The van der Waals surface area contributed by atoms with E-state index >= 15 is 0 Å². The molecule has 0 atom stereocenters. The molecule has 0 aromatic heterocycles. The highest BCUT2D eigenvalue weighted by Crippen LogP contribution is 2.15. The molecule has 1 fully saturated rings. The average molecular weight is 269 g/mol. The van der Waals surface area contributed by atoms with Crippen LogP contribution in [0.1, 0.15) is 12.5 Å². The summed E-state index contributed by atoms with van der Waals surface area (Å²) >= 11 is 5.97. The van der Waals surface area contributed by atoms with E-state index in [2.05, 4.69) is 30.3 Å². The molecule has 0 saturated carbocycles. The molecule has 100 valence electrons. The van der Waals surface area contributed by atoms with E-state index in [1.807, 2.05) is 18.2 Å². The van der Waals surface area contributed by atoms with E-state index in [4.69, 9.17) is 16.3 Å². The third-order valence-electron chi connectivity index (χ3n) is 3.26. The Morgan fingerprint density at radius 2 is 2.22 bits per heavy atom. The first-order chi connectivity index (χ1) is 8.57. The minimum atomic E-state index is 0.0525. The summed E-state index contributed by atoms with van der Waals surface area (Å²) in [7, 11) is 2.10. The number of nitrogens with one attached hydrogen (secondary N) is 1. The maximum Gasteiger partial charge on any atom is 0.0902 e. The van der Waals surface area contributed by atoms with Crippen molar-refractivity contribution in [2.45, 2.75) is 19.1 Å². The lowest BCUT2D eigenvalue weighted by Crippen LogP contribution is -2.59. The highest BCUT2D eigenvalue weighted by atomic mass is 35.5. The molecular weight excluding hydrogens is 248 g/mol. The lowest BCUT2D eigenvalue weighted by molar-refractivity contribution is -0.0712. The third-order valence-corrected chi connectivity index (χ3v) is 3.50. The van der Waals surface area contributed by atoms with Crippen molar-refractivity contribution >= 4 is 11.6 Å². The maximum atomic E-state index is 5.97. The molecule has 0 spiro atoms. The normalized spacial score (nSPS) is 17.8. The van der Waals surface area contributed by atoms with Gasteiger partial charge in [-0.2, -0.15) is 0 Å². The first-order valence-electron chi connectivity index (χ1n) is 6.35. The van der Waals surface area contributed by atoms with Gasteiger partial charge in [0.2, 0.25) is 0 Å². The van der Waals surface area contributed by atoms with Crippen molar-refractivity contribution in [2.75, 3.05) is 33.3 Å². The summed E-state index contributed by atoms with van der Waals surface area (Å²) in [6.45, 7) is 6.69.